The highest BCUT2D eigenvalue weighted by Crippen LogP contribution is 2.33. The van der Waals surface area contributed by atoms with Gasteiger partial charge >= 0.3 is 0 Å². The minimum atomic E-state index is -0.0935. The molecule has 142 valence electrons. The third-order valence-corrected chi connectivity index (χ3v) is 6.22. The van der Waals surface area contributed by atoms with Crippen LogP contribution in [-0.4, -0.2) is 35.2 Å². The highest BCUT2D eigenvalue weighted by atomic mass is 32.1. The summed E-state index contributed by atoms with van der Waals surface area (Å²) in [6.45, 7) is 8.36. The van der Waals surface area contributed by atoms with Crippen LogP contribution in [0.2, 0.25) is 0 Å². The summed E-state index contributed by atoms with van der Waals surface area (Å²) in [5.41, 5.74) is 2.62. The average Bonchev–Trinajstić information content (AvgIpc) is 3.39. The largest absolute Gasteiger partial charge is 0.371 e. The van der Waals surface area contributed by atoms with Gasteiger partial charge in [0.1, 0.15) is 15.6 Å². The Morgan fingerprint density at radius 1 is 1.26 bits per heavy atom. The number of carbonyl (C=O) groups excluding carboxylic acids is 1. The van der Waals surface area contributed by atoms with Gasteiger partial charge in [-0.1, -0.05) is 19.0 Å². The van der Waals surface area contributed by atoms with Gasteiger partial charge in [-0.25, -0.2) is 4.98 Å². The van der Waals surface area contributed by atoms with Gasteiger partial charge in [0.2, 0.25) is 0 Å². The molecule has 0 bridgehead atoms. The monoisotopic (exact) mass is 384 g/mol. The molecule has 1 N–H and O–H groups in total. The summed E-state index contributed by atoms with van der Waals surface area (Å²) in [6, 6.07) is 6.30. The Bertz CT molecular complexity index is 956. The molecule has 1 amide bonds. The van der Waals surface area contributed by atoms with E-state index in [1.807, 2.05) is 19.1 Å². The summed E-state index contributed by atoms with van der Waals surface area (Å²) in [5, 5.41) is 8.85. The number of hydrogen-bond acceptors (Lipinski definition) is 6. The lowest BCUT2D eigenvalue weighted by Gasteiger charge is -2.16. The number of amides is 1. The maximum absolute atomic E-state index is 12.4. The summed E-state index contributed by atoms with van der Waals surface area (Å²) in [4.78, 5) is 19.8. The van der Waals surface area contributed by atoms with Crippen LogP contribution in [0.3, 0.4) is 0 Å². The van der Waals surface area contributed by atoms with Crippen LogP contribution in [0.15, 0.2) is 28.9 Å². The van der Waals surface area contributed by atoms with E-state index in [1.54, 1.807) is 6.20 Å². The lowest BCUT2D eigenvalue weighted by Crippen LogP contribution is -2.35. The SMILES string of the molecule is CC(C)[C@@H](C)NC(=O)c1cnc(-c2noc3cc(N4CCCC4)ccc23)s1. The molecule has 1 fully saturated rings. The molecule has 0 unspecified atom stereocenters. The van der Waals surface area contributed by atoms with Crippen LogP contribution in [0, 0.1) is 5.92 Å². The molecule has 7 heteroatoms. The van der Waals surface area contributed by atoms with Gasteiger partial charge in [-0.2, -0.15) is 0 Å². The Labute approximate surface area is 162 Å². The molecule has 3 aromatic rings. The molecule has 1 aromatic carbocycles. The van der Waals surface area contributed by atoms with Crippen LogP contribution in [0.1, 0.15) is 43.3 Å². The standard InChI is InChI=1S/C20H24N4O2S/c1-12(2)13(3)22-19(25)17-11-21-20(27-17)18-15-7-6-14(10-16(15)26-23-18)24-8-4-5-9-24/h6-7,10-13H,4-5,8-9H2,1-3H3,(H,22,25)/t13-/m1/s1. The fraction of sp³-hybridized carbons (Fsp3) is 0.450. The van der Waals surface area contributed by atoms with Gasteiger partial charge in [-0.15, -0.1) is 11.3 Å². The second-order valence-corrected chi connectivity index (χ2v) is 8.47. The Kier molecular flexibility index (Phi) is 4.86. The molecule has 0 spiro atoms. The van der Waals surface area contributed by atoms with Crippen molar-refractivity contribution in [1.29, 1.82) is 0 Å². The molecular formula is C20H24N4O2S. The van der Waals surface area contributed by atoms with Crippen LogP contribution >= 0.6 is 11.3 Å². The first-order valence-electron chi connectivity index (χ1n) is 9.44. The third-order valence-electron chi connectivity index (χ3n) is 5.22. The van der Waals surface area contributed by atoms with E-state index in [2.05, 4.69) is 40.3 Å². The predicted molar refractivity (Wildman–Crippen MR) is 108 cm³/mol. The summed E-state index contributed by atoms with van der Waals surface area (Å²) < 4.78 is 5.56. The number of carbonyl (C=O) groups is 1. The average molecular weight is 385 g/mol. The molecule has 6 nitrogen and oxygen atoms in total. The van der Waals surface area contributed by atoms with Crippen molar-refractivity contribution in [1.82, 2.24) is 15.5 Å². The van der Waals surface area contributed by atoms with Crippen LogP contribution in [-0.2, 0) is 0 Å². The minimum Gasteiger partial charge on any atom is -0.371 e. The Hall–Kier alpha value is -2.41. The zero-order chi connectivity index (χ0) is 19.0. The molecule has 4 rings (SSSR count). The van der Waals surface area contributed by atoms with E-state index in [1.165, 1.54) is 29.9 Å². The lowest BCUT2D eigenvalue weighted by molar-refractivity contribution is 0.0934. The molecule has 1 saturated heterocycles. The number of nitrogens with zero attached hydrogens (tertiary/aromatic N) is 3. The molecule has 0 aliphatic carbocycles. The summed E-state index contributed by atoms with van der Waals surface area (Å²) in [7, 11) is 0. The number of rotatable bonds is 5. The van der Waals surface area contributed by atoms with Gasteiger partial charge in [-0.3, -0.25) is 4.79 Å². The number of aromatic nitrogens is 2. The first-order valence-corrected chi connectivity index (χ1v) is 10.3. The lowest BCUT2D eigenvalue weighted by atomic mass is 10.1. The summed E-state index contributed by atoms with van der Waals surface area (Å²) in [6.07, 6.45) is 4.08. The van der Waals surface area contributed by atoms with Gasteiger partial charge in [-0.05, 0) is 37.8 Å². The van der Waals surface area contributed by atoms with E-state index >= 15 is 0 Å². The van der Waals surface area contributed by atoms with Crippen molar-refractivity contribution in [3.8, 4) is 10.7 Å². The fourth-order valence-electron chi connectivity index (χ4n) is 3.19. The maximum atomic E-state index is 12.4. The number of benzene rings is 1. The van der Waals surface area contributed by atoms with Gasteiger partial charge in [0.05, 0.1) is 11.6 Å². The number of thiazole rings is 1. The molecule has 1 aliphatic rings. The van der Waals surface area contributed by atoms with E-state index < -0.39 is 0 Å². The first-order chi connectivity index (χ1) is 13.0. The number of fused-ring (bicyclic) bond motifs is 1. The summed E-state index contributed by atoms with van der Waals surface area (Å²) in [5.74, 6) is 0.287. The highest BCUT2D eigenvalue weighted by molar-refractivity contribution is 7.17. The second-order valence-electron chi connectivity index (χ2n) is 7.44. The van der Waals surface area contributed by atoms with Crippen molar-refractivity contribution < 1.29 is 9.32 Å². The molecule has 0 radical (unpaired) electrons. The van der Waals surface area contributed by atoms with Crippen molar-refractivity contribution >= 4 is 33.9 Å². The van der Waals surface area contributed by atoms with Gasteiger partial charge in [0.25, 0.3) is 5.91 Å². The second kappa shape index (κ2) is 7.31. The quantitative estimate of drug-likeness (QED) is 0.709. The highest BCUT2D eigenvalue weighted by Gasteiger charge is 2.20. The van der Waals surface area contributed by atoms with Crippen molar-refractivity contribution in [2.24, 2.45) is 5.92 Å². The Morgan fingerprint density at radius 2 is 2.04 bits per heavy atom. The van der Waals surface area contributed by atoms with Crippen molar-refractivity contribution in [3.05, 3.63) is 29.3 Å². The molecule has 2 aromatic heterocycles. The normalized spacial score (nSPS) is 15.6. The summed E-state index contributed by atoms with van der Waals surface area (Å²) >= 11 is 1.34. The molecule has 1 aliphatic heterocycles. The molecule has 1 atom stereocenters. The van der Waals surface area contributed by atoms with E-state index in [9.17, 15) is 4.79 Å². The van der Waals surface area contributed by atoms with Crippen molar-refractivity contribution in [2.75, 3.05) is 18.0 Å². The number of hydrogen-bond donors (Lipinski definition) is 1. The van der Waals surface area contributed by atoms with Gasteiger partial charge in [0, 0.05) is 30.9 Å². The van der Waals surface area contributed by atoms with Crippen LogP contribution in [0.5, 0.6) is 0 Å². The Morgan fingerprint density at radius 3 is 2.78 bits per heavy atom. The van der Waals surface area contributed by atoms with E-state index in [4.69, 9.17) is 4.52 Å². The molecule has 3 heterocycles. The van der Waals surface area contributed by atoms with Crippen molar-refractivity contribution in [3.63, 3.8) is 0 Å². The molecule has 27 heavy (non-hydrogen) atoms. The molecule has 0 saturated carbocycles. The van der Waals surface area contributed by atoms with Crippen molar-refractivity contribution in [2.45, 2.75) is 39.7 Å². The van der Waals surface area contributed by atoms with Crippen LogP contribution < -0.4 is 10.2 Å². The first kappa shape index (κ1) is 18.0. The zero-order valence-corrected chi connectivity index (χ0v) is 16.7. The van der Waals surface area contributed by atoms with Gasteiger partial charge in [0.15, 0.2) is 5.58 Å². The van der Waals surface area contributed by atoms with Crippen LogP contribution in [0.25, 0.3) is 21.7 Å². The minimum absolute atomic E-state index is 0.0935. The van der Waals surface area contributed by atoms with E-state index in [-0.39, 0.29) is 11.9 Å². The number of nitrogens with one attached hydrogen (secondary N) is 1. The fourth-order valence-corrected chi connectivity index (χ4v) is 4.00. The molecular weight excluding hydrogens is 360 g/mol. The van der Waals surface area contributed by atoms with Crippen LogP contribution in [0.4, 0.5) is 5.69 Å². The topological polar surface area (TPSA) is 71.3 Å². The van der Waals surface area contributed by atoms with E-state index in [0.29, 0.717) is 21.5 Å². The zero-order valence-electron chi connectivity index (χ0n) is 15.9. The number of anilines is 1. The van der Waals surface area contributed by atoms with E-state index in [0.717, 1.165) is 24.1 Å². The maximum Gasteiger partial charge on any atom is 0.263 e. The third kappa shape index (κ3) is 3.56. The van der Waals surface area contributed by atoms with Gasteiger partial charge < -0.3 is 14.7 Å². The smallest absolute Gasteiger partial charge is 0.263 e. The Balaban J connectivity index is 1.58. The predicted octanol–water partition coefficient (Wildman–Crippen LogP) is 4.33.